The molecule has 21 heavy (non-hydrogen) atoms. The third-order valence-corrected chi connectivity index (χ3v) is 3.56. The Morgan fingerprint density at radius 2 is 1.67 bits per heavy atom. The highest BCUT2D eigenvalue weighted by molar-refractivity contribution is 6.08. The van der Waals surface area contributed by atoms with E-state index in [0.717, 1.165) is 29.7 Å². The molecule has 0 aliphatic carbocycles. The number of benzene rings is 2. The van der Waals surface area contributed by atoms with Crippen LogP contribution in [0.3, 0.4) is 0 Å². The maximum absolute atomic E-state index is 12.5. The molecule has 5 N–H and O–H groups in total. The number of carbonyl (C=O) groups excluding carboxylic acids is 1. The van der Waals surface area contributed by atoms with E-state index in [0.29, 0.717) is 16.9 Å². The van der Waals surface area contributed by atoms with Crippen molar-refractivity contribution in [2.75, 3.05) is 16.8 Å². The Morgan fingerprint density at radius 3 is 2.19 bits per heavy atom. The molecule has 110 valence electrons. The molecule has 4 heteroatoms. The summed E-state index contributed by atoms with van der Waals surface area (Å²) in [7, 11) is 0. The average molecular weight is 283 g/mol. The van der Waals surface area contributed by atoms with Crippen LogP contribution < -0.4 is 16.8 Å². The molecule has 0 saturated carbocycles. The van der Waals surface area contributed by atoms with E-state index in [1.807, 2.05) is 18.2 Å². The van der Waals surface area contributed by atoms with Crippen LogP contribution in [0.1, 0.15) is 35.3 Å². The Labute approximate surface area is 125 Å². The smallest absolute Gasteiger partial charge is 0.257 e. The highest BCUT2D eigenvalue weighted by Crippen LogP contribution is 2.24. The molecule has 0 saturated heterocycles. The van der Waals surface area contributed by atoms with Gasteiger partial charge in [-0.05, 0) is 42.2 Å². The minimum absolute atomic E-state index is 0.205. The molecule has 0 spiro atoms. The first-order valence-corrected chi connectivity index (χ1v) is 7.13. The van der Waals surface area contributed by atoms with E-state index in [2.05, 4.69) is 19.2 Å². The number of nitrogens with two attached hydrogens (primary N) is 2. The number of para-hydroxylation sites is 1. The van der Waals surface area contributed by atoms with Gasteiger partial charge < -0.3 is 16.8 Å². The van der Waals surface area contributed by atoms with Gasteiger partial charge in [-0.3, -0.25) is 4.79 Å². The van der Waals surface area contributed by atoms with E-state index in [1.54, 1.807) is 18.2 Å². The number of nitrogen functional groups attached to an aromatic ring is 2. The van der Waals surface area contributed by atoms with Gasteiger partial charge >= 0.3 is 0 Å². The normalized spacial score (nSPS) is 10.4. The number of carbonyl (C=O) groups is 1. The SMILES string of the molecule is CCc1cccc(CC)c1NC(=O)c1ccc(N)cc1N. The van der Waals surface area contributed by atoms with Gasteiger partial charge in [0.15, 0.2) is 0 Å². The molecule has 2 aromatic rings. The lowest BCUT2D eigenvalue weighted by atomic mass is 10.0. The molecule has 0 aromatic heterocycles. The number of nitrogens with one attached hydrogen (secondary N) is 1. The highest BCUT2D eigenvalue weighted by Gasteiger charge is 2.14. The molecule has 0 atom stereocenters. The van der Waals surface area contributed by atoms with Crippen LogP contribution in [0, 0.1) is 0 Å². The van der Waals surface area contributed by atoms with Gasteiger partial charge in [-0.25, -0.2) is 0 Å². The first kappa shape index (κ1) is 14.9. The van der Waals surface area contributed by atoms with Gasteiger partial charge in [-0.2, -0.15) is 0 Å². The molecule has 0 fully saturated rings. The zero-order chi connectivity index (χ0) is 15.4. The van der Waals surface area contributed by atoms with Crippen LogP contribution in [-0.4, -0.2) is 5.91 Å². The van der Waals surface area contributed by atoms with Gasteiger partial charge in [0.05, 0.1) is 5.56 Å². The lowest BCUT2D eigenvalue weighted by Crippen LogP contribution is -2.16. The lowest BCUT2D eigenvalue weighted by molar-refractivity contribution is 0.102. The molecule has 0 radical (unpaired) electrons. The van der Waals surface area contributed by atoms with Crippen molar-refractivity contribution in [1.82, 2.24) is 0 Å². The maximum Gasteiger partial charge on any atom is 0.257 e. The van der Waals surface area contributed by atoms with Crippen molar-refractivity contribution in [3.63, 3.8) is 0 Å². The number of rotatable bonds is 4. The van der Waals surface area contributed by atoms with Crippen LogP contribution in [0.15, 0.2) is 36.4 Å². The van der Waals surface area contributed by atoms with Crippen LogP contribution in [0.25, 0.3) is 0 Å². The number of hydrogen-bond acceptors (Lipinski definition) is 3. The Hall–Kier alpha value is -2.49. The standard InChI is InChI=1S/C17H21N3O/c1-3-11-6-5-7-12(4-2)16(11)20-17(21)14-9-8-13(18)10-15(14)19/h5-10H,3-4,18-19H2,1-2H3,(H,20,21). The van der Waals surface area contributed by atoms with Crippen molar-refractivity contribution in [3.05, 3.63) is 53.1 Å². The third-order valence-electron chi connectivity index (χ3n) is 3.56. The summed E-state index contributed by atoms with van der Waals surface area (Å²) in [5.41, 5.74) is 16.1. The summed E-state index contributed by atoms with van der Waals surface area (Å²) in [5, 5.41) is 3.00. The summed E-state index contributed by atoms with van der Waals surface area (Å²) in [4.78, 5) is 12.5. The van der Waals surface area contributed by atoms with Crippen LogP contribution in [0.4, 0.5) is 17.1 Å². The number of anilines is 3. The summed E-state index contributed by atoms with van der Waals surface area (Å²) < 4.78 is 0. The maximum atomic E-state index is 12.5. The van der Waals surface area contributed by atoms with E-state index in [9.17, 15) is 4.79 Å². The number of amides is 1. The highest BCUT2D eigenvalue weighted by atomic mass is 16.1. The Bertz CT molecular complexity index is 643. The molecule has 2 aromatic carbocycles. The van der Waals surface area contributed by atoms with Crippen molar-refractivity contribution in [1.29, 1.82) is 0 Å². The second-order valence-electron chi connectivity index (χ2n) is 4.96. The van der Waals surface area contributed by atoms with Gasteiger partial charge in [-0.1, -0.05) is 32.0 Å². The summed E-state index contributed by atoms with van der Waals surface area (Å²) in [6, 6.07) is 11.0. The predicted octanol–water partition coefficient (Wildman–Crippen LogP) is 3.23. The Kier molecular flexibility index (Phi) is 4.48. The lowest BCUT2D eigenvalue weighted by Gasteiger charge is -2.15. The molecular formula is C17H21N3O. The average Bonchev–Trinajstić information content (AvgIpc) is 2.47. The van der Waals surface area contributed by atoms with Gasteiger partial charge in [-0.15, -0.1) is 0 Å². The van der Waals surface area contributed by atoms with E-state index >= 15 is 0 Å². The summed E-state index contributed by atoms with van der Waals surface area (Å²) in [6.07, 6.45) is 1.72. The minimum atomic E-state index is -0.205. The fourth-order valence-corrected chi connectivity index (χ4v) is 2.37. The fourth-order valence-electron chi connectivity index (χ4n) is 2.37. The van der Waals surface area contributed by atoms with Crippen LogP contribution in [0.2, 0.25) is 0 Å². The van der Waals surface area contributed by atoms with Crippen molar-refractivity contribution < 1.29 is 4.79 Å². The van der Waals surface area contributed by atoms with E-state index in [1.165, 1.54) is 0 Å². The molecule has 0 heterocycles. The second-order valence-corrected chi connectivity index (χ2v) is 4.96. The fraction of sp³-hybridized carbons (Fsp3) is 0.235. The molecule has 1 amide bonds. The van der Waals surface area contributed by atoms with Gasteiger partial charge in [0.2, 0.25) is 0 Å². The first-order valence-electron chi connectivity index (χ1n) is 7.13. The van der Waals surface area contributed by atoms with Gasteiger partial charge in [0.1, 0.15) is 0 Å². The topological polar surface area (TPSA) is 81.1 Å². The van der Waals surface area contributed by atoms with E-state index in [-0.39, 0.29) is 5.91 Å². The first-order chi connectivity index (χ1) is 10.1. The van der Waals surface area contributed by atoms with Crippen LogP contribution in [0.5, 0.6) is 0 Å². The van der Waals surface area contributed by atoms with Crippen LogP contribution in [-0.2, 0) is 12.8 Å². The van der Waals surface area contributed by atoms with Crippen molar-refractivity contribution in [2.24, 2.45) is 0 Å². The number of aryl methyl sites for hydroxylation is 2. The molecule has 0 aliphatic heterocycles. The molecule has 0 bridgehead atoms. The molecule has 4 nitrogen and oxygen atoms in total. The predicted molar refractivity (Wildman–Crippen MR) is 88.4 cm³/mol. The van der Waals surface area contributed by atoms with E-state index < -0.39 is 0 Å². The van der Waals surface area contributed by atoms with Crippen LogP contribution >= 0.6 is 0 Å². The van der Waals surface area contributed by atoms with Crippen molar-refractivity contribution in [3.8, 4) is 0 Å². The van der Waals surface area contributed by atoms with E-state index in [4.69, 9.17) is 11.5 Å². The number of hydrogen-bond donors (Lipinski definition) is 3. The zero-order valence-corrected chi connectivity index (χ0v) is 12.4. The van der Waals surface area contributed by atoms with Crippen molar-refractivity contribution >= 4 is 23.0 Å². The van der Waals surface area contributed by atoms with Gasteiger partial charge in [0.25, 0.3) is 5.91 Å². The minimum Gasteiger partial charge on any atom is -0.399 e. The van der Waals surface area contributed by atoms with Crippen molar-refractivity contribution in [2.45, 2.75) is 26.7 Å². The Balaban J connectivity index is 2.35. The third kappa shape index (κ3) is 3.16. The Morgan fingerprint density at radius 1 is 1.05 bits per heavy atom. The van der Waals surface area contributed by atoms with Gasteiger partial charge in [0, 0.05) is 17.1 Å². The molecule has 2 rings (SSSR count). The summed E-state index contributed by atoms with van der Waals surface area (Å²) >= 11 is 0. The molecule has 0 unspecified atom stereocenters. The monoisotopic (exact) mass is 283 g/mol. The summed E-state index contributed by atoms with van der Waals surface area (Å²) in [5.74, 6) is -0.205. The zero-order valence-electron chi connectivity index (χ0n) is 12.4. The quantitative estimate of drug-likeness (QED) is 0.753. The molecule has 0 aliphatic rings. The molecular weight excluding hydrogens is 262 g/mol. The summed E-state index contributed by atoms with van der Waals surface area (Å²) in [6.45, 7) is 4.14. The largest absolute Gasteiger partial charge is 0.399 e. The second kappa shape index (κ2) is 6.31.